The topological polar surface area (TPSA) is 66.8 Å². The van der Waals surface area contributed by atoms with Crippen molar-refractivity contribution >= 4 is 5.97 Å². The molecule has 4 heteroatoms. The second-order valence-electron chi connectivity index (χ2n) is 7.08. The zero-order valence-electron chi connectivity index (χ0n) is 15.8. The van der Waals surface area contributed by atoms with Crippen LogP contribution in [-0.4, -0.2) is 16.2 Å². The molecule has 0 fully saturated rings. The third-order valence-corrected chi connectivity index (χ3v) is 5.26. The quantitative estimate of drug-likeness (QED) is 0.690. The monoisotopic (exact) mass is 366 g/mol. The average Bonchev–Trinajstić information content (AvgIpc) is 2.65. The Balaban J connectivity index is 2.03. The first kappa shape index (κ1) is 19.0. The Bertz CT molecular complexity index is 827. The predicted molar refractivity (Wildman–Crippen MR) is 104 cm³/mol. The first-order chi connectivity index (χ1) is 13.0. The lowest BCUT2D eigenvalue weighted by Gasteiger charge is -2.38. The maximum atomic E-state index is 13.0. The lowest BCUT2D eigenvalue weighted by atomic mass is 9.78. The van der Waals surface area contributed by atoms with E-state index in [4.69, 9.17) is 4.74 Å². The summed E-state index contributed by atoms with van der Waals surface area (Å²) < 4.78 is 5.98. The Morgan fingerprint density at radius 3 is 2.41 bits per heavy atom. The van der Waals surface area contributed by atoms with Crippen LogP contribution in [0.25, 0.3) is 0 Å². The fraction of sp³-hybridized carbons (Fsp3) is 0.348. The van der Waals surface area contributed by atoms with Crippen molar-refractivity contribution in [2.75, 3.05) is 0 Å². The van der Waals surface area contributed by atoms with Gasteiger partial charge in [-0.15, -0.1) is 0 Å². The molecule has 1 heterocycles. The fourth-order valence-electron chi connectivity index (χ4n) is 4.01. The van der Waals surface area contributed by atoms with E-state index < -0.39 is 17.5 Å². The SMILES string of the molecule is CCCC1(c2ccccc2)C=C(O)C(C(CC)c2cccc(O)c2)C(=O)O1. The molecule has 0 aromatic heterocycles. The Morgan fingerprint density at radius 1 is 1.07 bits per heavy atom. The third kappa shape index (κ3) is 3.70. The molecule has 0 bridgehead atoms. The van der Waals surface area contributed by atoms with Crippen molar-refractivity contribution in [3.63, 3.8) is 0 Å². The summed E-state index contributed by atoms with van der Waals surface area (Å²) in [5, 5.41) is 20.7. The number of hydrogen-bond acceptors (Lipinski definition) is 4. The fourth-order valence-corrected chi connectivity index (χ4v) is 4.01. The second-order valence-corrected chi connectivity index (χ2v) is 7.08. The lowest BCUT2D eigenvalue weighted by molar-refractivity contribution is -0.166. The summed E-state index contributed by atoms with van der Waals surface area (Å²) in [5.74, 6) is -1.29. The zero-order chi connectivity index (χ0) is 19.4. The standard InChI is InChI=1S/C23H26O4/c1-3-13-23(17-10-6-5-7-11-17)15-20(25)21(22(26)27-23)19(4-2)16-9-8-12-18(24)14-16/h5-12,14-15,19,21,24-25H,3-4,13H2,1-2H3. The summed E-state index contributed by atoms with van der Waals surface area (Å²) in [6.07, 6.45) is 3.74. The highest BCUT2D eigenvalue weighted by molar-refractivity contribution is 5.79. The number of hydrogen-bond donors (Lipinski definition) is 2. The maximum absolute atomic E-state index is 13.0. The van der Waals surface area contributed by atoms with Crippen molar-refractivity contribution in [1.29, 1.82) is 0 Å². The molecule has 27 heavy (non-hydrogen) atoms. The smallest absolute Gasteiger partial charge is 0.318 e. The molecule has 0 amide bonds. The number of carbonyl (C=O) groups excluding carboxylic acids is 1. The van der Waals surface area contributed by atoms with E-state index in [1.54, 1.807) is 24.3 Å². The summed E-state index contributed by atoms with van der Waals surface area (Å²) in [7, 11) is 0. The van der Waals surface area contributed by atoms with Gasteiger partial charge in [0.15, 0.2) is 5.60 Å². The van der Waals surface area contributed by atoms with Crippen LogP contribution < -0.4 is 0 Å². The van der Waals surface area contributed by atoms with E-state index in [0.29, 0.717) is 12.8 Å². The Labute approximate surface area is 160 Å². The molecule has 2 aromatic rings. The number of phenols is 1. The van der Waals surface area contributed by atoms with Crippen LogP contribution in [0.3, 0.4) is 0 Å². The first-order valence-electron chi connectivity index (χ1n) is 9.49. The van der Waals surface area contributed by atoms with Crippen LogP contribution in [0, 0.1) is 5.92 Å². The van der Waals surface area contributed by atoms with Gasteiger partial charge in [-0.2, -0.15) is 0 Å². The lowest BCUT2D eigenvalue weighted by Crippen LogP contribution is -2.41. The van der Waals surface area contributed by atoms with Crippen LogP contribution in [0.5, 0.6) is 5.75 Å². The number of carbonyl (C=O) groups is 1. The van der Waals surface area contributed by atoms with Crippen LogP contribution in [0.15, 0.2) is 66.4 Å². The van der Waals surface area contributed by atoms with Crippen molar-refractivity contribution < 1.29 is 19.7 Å². The van der Waals surface area contributed by atoms with Gasteiger partial charge in [0.05, 0.1) is 0 Å². The molecule has 0 spiro atoms. The van der Waals surface area contributed by atoms with Gasteiger partial charge in [0, 0.05) is 12.0 Å². The van der Waals surface area contributed by atoms with Crippen LogP contribution in [0.1, 0.15) is 50.2 Å². The highest BCUT2D eigenvalue weighted by Crippen LogP contribution is 2.44. The van der Waals surface area contributed by atoms with E-state index in [-0.39, 0.29) is 17.4 Å². The second kappa shape index (κ2) is 7.87. The number of esters is 1. The van der Waals surface area contributed by atoms with E-state index in [1.807, 2.05) is 50.2 Å². The molecular weight excluding hydrogens is 340 g/mol. The van der Waals surface area contributed by atoms with Crippen molar-refractivity contribution in [1.82, 2.24) is 0 Å². The van der Waals surface area contributed by atoms with E-state index in [9.17, 15) is 15.0 Å². The van der Waals surface area contributed by atoms with Gasteiger partial charge in [0.1, 0.15) is 17.4 Å². The van der Waals surface area contributed by atoms with E-state index in [1.165, 1.54) is 0 Å². The third-order valence-electron chi connectivity index (χ3n) is 5.26. The Morgan fingerprint density at radius 2 is 1.81 bits per heavy atom. The minimum atomic E-state index is -0.940. The predicted octanol–water partition coefficient (Wildman–Crippen LogP) is 5.20. The maximum Gasteiger partial charge on any atom is 0.318 e. The van der Waals surface area contributed by atoms with Gasteiger partial charge in [0.25, 0.3) is 0 Å². The Hall–Kier alpha value is -2.75. The average molecular weight is 366 g/mol. The van der Waals surface area contributed by atoms with E-state index in [0.717, 1.165) is 17.5 Å². The summed E-state index contributed by atoms with van der Waals surface area (Å²) in [6.45, 7) is 3.98. The van der Waals surface area contributed by atoms with Crippen LogP contribution in [0.2, 0.25) is 0 Å². The molecule has 0 aliphatic carbocycles. The van der Waals surface area contributed by atoms with Gasteiger partial charge in [-0.1, -0.05) is 62.7 Å². The number of phenolic OH excluding ortho intramolecular Hbond substituents is 1. The van der Waals surface area contributed by atoms with Gasteiger partial charge in [-0.3, -0.25) is 4.79 Å². The molecule has 3 atom stereocenters. The molecule has 142 valence electrons. The largest absolute Gasteiger partial charge is 0.512 e. The number of rotatable bonds is 6. The van der Waals surface area contributed by atoms with Crippen LogP contribution in [-0.2, 0) is 15.1 Å². The Kier molecular flexibility index (Phi) is 5.54. The number of aliphatic hydroxyl groups excluding tert-OH is 1. The van der Waals surface area contributed by atoms with Gasteiger partial charge in [0.2, 0.25) is 0 Å². The van der Waals surface area contributed by atoms with E-state index >= 15 is 0 Å². The van der Waals surface area contributed by atoms with Gasteiger partial charge >= 0.3 is 5.97 Å². The van der Waals surface area contributed by atoms with E-state index in [2.05, 4.69) is 0 Å². The number of cyclic esters (lactones) is 1. The zero-order valence-corrected chi connectivity index (χ0v) is 15.8. The highest BCUT2D eigenvalue weighted by atomic mass is 16.6. The van der Waals surface area contributed by atoms with Gasteiger partial charge in [-0.05, 0) is 36.1 Å². The van der Waals surface area contributed by atoms with Crippen LogP contribution >= 0.6 is 0 Å². The summed E-state index contributed by atoms with van der Waals surface area (Å²) in [5.41, 5.74) is 0.725. The summed E-state index contributed by atoms with van der Waals surface area (Å²) in [6, 6.07) is 16.4. The van der Waals surface area contributed by atoms with Crippen molar-refractivity contribution in [2.45, 2.75) is 44.6 Å². The number of aliphatic hydroxyl groups is 1. The summed E-state index contributed by atoms with van der Waals surface area (Å²) in [4.78, 5) is 13.0. The van der Waals surface area contributed by atoms with Crippen molar-refractivity contribution in [2.24, 2.45) is 5.92 Å². The van der Waals surface area contributed by atoms with Crippen molar-refractivity contribution in [3.05, 3.63) is 77.6 Å². The molecule has 0 saturated heterocycles. The molecule has 4 nitrogen and oxygen atoms in total. The minimum absolute atomic E-state index is 0.0405. The molecule has 1 aliphatic heterocycles. The van der Waals surface area contributed by atoms with Gasteiger partial charge < -0.3 is 14.9 Å². The van der Waals surface area contributed by atoms with Gasteiger partial charge in [-0.25, -0.2) is 0 Å². The number of ether oxygens (including phenoxy) is 1. The molecule has 0 radical (unpaired) electrons. The summed E-state index contributed by atoms with van der Waals surface area (Å²) >= 11 is 0. The molecule has 1 aliphatic rings. The molecule has 3 rings (SSSR count). The van der Waals surface area contributed by atoms with Crippen LogP contribution in [0.4, 0.5) is 0 Å². The first-order valence-corrected chi connectivity index (χ1v) is 9.49. The normalized spacial score (nSPS) is 23.4. The highest BCUT2D eigenvalue weighted by Gasteiger charge is 2.45. The molecule has 0 saturated carbocycles. The molecular formula is C23H26O4. The number of benzene rings is 2. The number of aromatic hydroxyl groups is 1. The molecule has 3 unspecified atom stereocenters. The minimum Gasteiger partial charge on any atom is -0.512 e. The molecule has 2 aromatic carbocycles. The molecule has 2 N–H and O–H groups in total. The van der Waals surface area contributed by atoms with Crippen molar-refractivity contribution in [3.8, 4) is 5.75 Å².